The Morgan fingerprint density at radius 3 is 2.73 bits per heavy atom. The molecule has 82 valence electrons. The summed E-state index contributed by atoms with van der Waals surface area (Å²) in [5.74, 6) is 0.350. The van der Waals surface area contributed by atoms with Gasteiger partial charge in [0.2, 0.25) is 0 Å². The second-order valence-corrected chi connectivity index (χ2v) is 3.36. The zero-order valence-electron chi connectivity index (χ0n) is 8.75. The van der Waals surface area contributed by atoms with Gasteiger partial charge in [-0.15, -0.1) is 0 Å². The van der Waals surface area contributed by atoms with Gasteiger partial charge in [0.15, 0.2) is 0 Å². The third-order valence-corrected chi connectivity index (χ3v) is 2.17. The highest BCUT2D eigenvalue weighted by Gasteiger charge is 2.06. The molecule has 0 radical (unpaired) electrons. The van der Waals surface area contributed by atoms with E-state index in [4.69, 9.17) is 16.3 Å². The summed E-state index contributed by atoms with van der Waals surface area (Å²) in [6.07, 6.45) is 0.225. The second kappa shape index (κ2) is 5.61. The Balaban J connectivity index is 2.77. The molecule has 0 spiro atoms. The smallest absolute Gasteiger partial charge is 0.309 e. The first-order chi connectivity index (χ1) is 7.17. The van der Waals surface area contributed by atoms with Gasteiger partial charge < -0.3 is 9.47 Å². The number of esters is 1. The zero-order chi connectivity index (χ0) is 11.3. The number of ether oxygens (including phenoxy) is 2. The van der Waals surface area contributed by atoms with E-state index >= 15 is 0 Å². The average molecular weight is 229 g/mol. The van der Waals surface area contributed by atoms with Crippen molar-refractivity contribution in [2.24, 2.45) is 0 Å². The molecule has 4 heteroatoms. The summed E-state index contributed by atoms with van der Waals surface area (Å²) < 4.78 is 9.83. The van der Waals surface area contributed by atoms with E-state index in [1.54, 1.807) is 18.2 Å². The predicted molar refractivity (Wildman–Crippen MR) is 58.3 cm³/mol. The lowest BCUT2D eigenvalue weighted by atomic mass is 10.1. The van der Waals surface area contributed by atoms with Crippen molar-refractivity contribution in [1.82, 2.24) is 0 Å². The first-order valence-corrected chi connectivity index (χ1v) is 5.03. The Kier molecular flexibility index (Phi) is 4.43. The largest absolute Gasteiger partial charge is 0.492 e. The lowest BCUT2D eigenvalue weighted by Crippen LogP contribution is -2.04. The molecule has 1 rings (SSSR count). The number of benzene rings is 1. The Hall–Kier alpha value is -1.22. The molecule has 15 heavy (non-hydrogen) atoms. The van der Waals surface area contributed by atoms with Crippen LogP contribution in [0.2, 0.25) is 5.02 Å². The molecule has 0 bridgehead atoms. The van der Waals surface area contributed by atoms with Crippen molar-refractivity contribution >= 4 is 17.6 Å². The number of halogens is 1. The summed E-state index contributed by atoms with van der Waals surface area (Å²) in [5.41, 5.74) is 0.815. The van der Waals surface area contributed by atoms with Crippen LogP contribution in [0.4, 0.5) is 0 Å². The Labute approximate surface area is 93.9 Å². The van der Waals surface area contributed by atoms with Crippen LogP contribution >= 0.6 is 11.6 Å². The molecule has 0 amide bonds. The summed E-state index contributed by atoms with van der Waals surface area (Å²) in [7, 11) is 1.36. The number of carbonyl (C=O) groups is 1. The lowest BCUT2D eigenvalue weighted by molar-refractivity contribution is -0.139. The number of carbonyl (C=O) groups excluding carboxylic acids is 1. The SMILES string of the molecule is CCOc1ccc(CC(=O)OC)cc1Cl. The van der Waals surface area contributed by atoms with Crippen LogP contribution in [0.25, 0.3) is 0 Å². The van der Waals surface area contributed by atoms with E-state index in [1.165, 1.54) is 7.11 Å². The van der Waals surface area contributed by atoms with Crippen LogP contribution in [0.5, 0.6) is 5.75 Å². The van der Waals surface area contributed by atoms with E-state index < -0.39 is 0 Å². The Morgan fingerprint density at radius 2 is 2.20 bits per heavy atom. The first-order valence-electron chi connectivity index (χ1n) is 4.65. The maximum Gasteiger partial charge on any atom is 0.309 e. The zero-order valence-corrected chi connectivity index (χ0v) is 9.50. The molecule has 0 aliphatic carbocycles. The van der Waals surface area contributed by atoms with E-state index in [1.807, 2.05) is 6.92 Å². The standard InChI is InChI=1S/C11H13ClO3/c1-3-15-10-5-4-8(6-9(10)12)7-11(13)14-2/h4-6H,3,7H2,1-2H3. The van der Waals surface area contributed by atoms with Gasteiger partial charge >= 0.3 is 5.97 Å². The summed E-state index contributed by atoms with van der Waals surface area (Å²) in [6, 6.07) is 5.27. The fraction of sp³-hybridized carbons (Fsp3) is 0.364. The molecular weight excluding hydrogens is 216 g/mol. The van der Waals surface area contributed by atoms with Crippen molar-refractivity contribution in [3.63, 3.8) is 0 Å². The van der Waals surface area contributed by atoms with Crippen LogP contribution in [-0.2, 0) is 16.0 Å². The monoisotopic (exact) mass is 228 g/mol. The third-order valence-electron chi connectivity index (χ3n) is 1.87. The van der Waals surface area contributed by atoms with E-state index in [-0.39, 0.29) is 12.4 Å². The van der Waals surface area contributed by atoms with Crippen molar-refractivity contribution < 1.29 is 14.3 Å². The maximum atomic E-state index is 11.0. The molecule has 0 saturated heterocycles. The van der Waals surface area contributed by atoms with Gasteiger partial charge in [-0.3, -0.25) is 4.79 Å². The molecule has 0 aliphatic rings. The minimum absolute atomic E-state index is 0.225. The molecule has 0 aromatic heterocycles. The van der Waals surface area contributed by atoms with Crippen LogP contribution < -0.4 is 4.74 Å². The summed E-state index contributed by atoms with van der Waals surface area (Å²) in [6.45, 7) is 2.45. The van der Waals surface area contributed by atoms with Crippen LogP contribution in [0.15, 0.2) is 18.2 Å². The highest BCUT2D eigenvalue weighted by atomic mass is 35.5. The maximum absolute atomic E-state index is 11.0. The van der Waals surface area contributed by atoms with Gasteiger partial charge in [0, 0.05) is 0 Å². The van der Waals surface area contributed by atoms with Crippen LogP contribution in [0.1, 0.15) is 12.5 Å². The molecule has 0 unspecified atom stereocenters. The highest BCUT2D eigenvalue weighted by molar-refractivity contribution is 6.32. The summed E-state index contributed by atoms with van der Waals surface area (Å²) >= 11 is 5.96. The topological polar surface area (TPSA) is 35.5 Å². The molecule has 0 fully saturated rings. The molecule has 0 saturated carbocycles. The molecule has 3 nitrogen and oxygen atoms in total. The van der Waals surface area contributed by atoms with E-state index in [0.29, 0.717) is 17.4 Å². The van der Waals surface area contributed by atoms with Gasteiger partial charge in [-0.1, -0.05) is 17.7 Å². The average Bonchev–Trinajstić information content (AvgIpc) is 2.22. The Morgan fingerprint density at radius 1 is 1.47 bits per heavy atom. The minimum Gasteiger partial charge on any atom is -0.492 e. The van der Waals surface area contributed by atoms with E-state index in [2.05, 4.69) is 4.74 Å². The van der Waals surface area contributed by atoms with E-state index in [9.17, 15) is 4.79 Å². The first kappa shape index (κ1) is 11.9. The van der Waals surface area contributed by atoms with Gasteiger partial charge in [-0.25, -0.2) is 0 Å². The highest BCUT2D eigenvalue weighted by Crippen LogP contribution is 2.25. The fourth-order valence-electron chi connectivity index (χ4n) is 1.17. The summed E-state index contributed by atoms with van der Waals surface area (Å²) in [4.78, 5) is 11.0. The quantitative estimate of drug-likeness (QED) is 0.743. The van der Waals surface area contributed by atoms with Crippen LogP contribution in [0.3, 0.4) is 0 Å². The number of hydrogen-bond acceptors (Lipinski definition) is 3. The van der Waals surface area contributed by atoms with Gasteiger partial charge in [-0.2, -0.15) is 0 Å². The Bertz CT molecular complexity index is 350. The normalized spacial score (nSPS) is 9.80. The molecule has 1 aromatic carbocycles. The van der Waals surface area contributed by atoms with Crippen molar-refractivity contribution in [2.75, 3.05) is 13.7 Å². The molecule has 1 aromatic rings. The number of hydrogen-bond donors (Lipinski definition) is 0. The second-order valence-electron chi connectivity index (χ2n) is 2.95. The van der Waals surface area contributed by atoms with Crippen LogP contribution in [0, 0.1) is 0 Å². The third kappa shape index (κ3) is 3.44. The number of rotatable bonds is 4. The van der Waals surface area contributed by atoms with Gasteiger partial charge in [0.1, 0.15) is 5.75 Å². The molecule has 0 N–H and O–H groups in total. The predicted octanol–water partition coefficient (Wildman–Crippen LogP) is 2.45. The van der Waals surface area contributed by atoms with Gasteiger partial charge in [0.25, 0.3) is 0 Å². The van der Waals surface area contributed by atoms with Crippen molar-refractivity contribution in [2.45, 2.75) is 13.3 Å². The van der Waals surface area contributed by atoms with Gasteiger partial charge in [0.05, 0.1) is 25.2 Å². The van der Waals surface area contributed by atoms with Crippen LogP contribution in [-0.4, -0.2) is 19.7 Å². The summed E-state index contributed by atoms with van der Waals surface area (Å²) in [5, 5.41) is 0.512. The lowest BCUT2D eigenvalue weighted by Gasteiger charge is -2.07. The minimum atomic E-state index is -0.282. The number of methoxy groups -OCH3 is 1. The molecule has 0 aliphatic heterocycles. The molecule has 0 heterocycles. The fourth-order valence-corrected chi connectivity index (χ4v) is 1.42. The van der Waals surface area contributed by atoms with Crippen molar-refractivity contribution in [1.29, 1.82) is 0 Å². The molecule has 0 atom stereocenters. The van der Waals surface area contributed by atoms with Gasteiger partial charge in [-0.05, 0) is 24.6 Å². The van der Waals surface area contributed by atoms with Crippen molar-refractivity contribution in [3.8, 4) is 5.75 Å². The van der Waals surface area contributed by atoms with Crippen molar-refractivity contribution in [3.05, 3.63) is 28.8 Å². The van der Waals surface area contributed by atoms with E-state index in [0.717, 1.165) is 5.56 Å². The molecular formula is C11H13ClO3.